The normalized spacial score (nSPS) is 12.6. The molecule has 1 amide bonds. The molecule has 22 heavy (non-hydrogen) atoms. The zero-order valence-corrected chi connectivity index (χ0v) is 13.4. The van der Waals surface area contributed by atoms with Gasteiger partial charge in [-0.3, -0.25) is 4.79 Å². The molecule has 5 nitrogen and oxygen atoms in total. The molecule has 1 atom stereocenters. The number of carbonyl (C=O) groups is 1. The van der Waals surface area contributed by atoms with E-state index >= 15 is 0 Å². The Morgan fingerprint density at radius 1 is 1.05 bits per heavy atom. The number of anilines is 1. The molecule has 0 aromatic heterocycles. The third-order valence-corrected chi connectivity index (χ3v) is 4.80. The summed E-state index contributed by atoms with van der Waals surface area (Å²) in [7, 11) is -3.75. The summed E-state index contributed by atoms with van der Waals surface area (Å²) in [6.07, 6.45) is 0. The van der Waals surface area contributed by atoms with E-state index in [1.54, 1.807) is 42.5 Å². The van der Waals surface area contributed by atoms with Gasteiger partial charge in [-0.2, -0.15) is 4.72 Å². The van der Waals surface area contributed by atoms with E-state index in [9.17, 15) is 13.2 Å². The highest BCUT2D eigenvalue weighted by Gasteiger charge is 2.22. The van der Waals surface area contributed by atoms with Gasteiger partial charge < -0.3 is 5.32 Å². The summed E-state index contributed by atoms with van der Waals surface area (Å²) in [4.78, 5) is 12.2. The van der Waals surface area contributed by atoms with Crippen LogP contribution in [0.3, 0.4) is 0 Å². The van der Waals surface area contributed by atoms with E-state index in [1.165, 1.54) is 19.1 Å². The van der Waals surface area contributed by atoms with Gasteiger partial charge in [0.2, 0.25) is 15.9 Å². The molecule has 2 N–H and O–H groups in total. The van der Waals surface area contributed by atoms with Gasteiger partial charge in [0.15, 0.2) is 0 Å². The first-order valence-electron chi connectivity index (χ1n) is 6.53. The summed E-state index contributed by atoms with van der Waals surface area (Å²) in [5.74, 6) is -0.493. The molecule has 0 aliphatic heterocycles. The Labute approximate surface area is 134 Å². The maximum atomic E-state index is 12.1. The smallest absolute Gasteiger partial charge is 0.242 e. The molecule has 2 aromatic carbocycles. The van der Waals surface area contributed by atoms with E-state index in [-0.39, 0.29) is 4.90 Å². The first kappa shape index (κ1) is 16.5. The highest BCUT2D eigenvalue weighted by atomic mass is 35.5. The predicted molar refractivity (Wildman–Crippen MR) is 86.3 cm³/mol. The number of halogens is 1. The zero-order chi connectivity index (χ0) is 16.2. The van der Waals surface area contributed by atoms with E-state index in [4.69, 9.17) is 11.6 Å². The van der Waals surface area contributed by atoms with Gasteiger partial charge in [-0.25, -0.2) is 8.42 Å². The molecular formula is C15H15ClN2O3S. The number of nitrogens with one attached hydrogen (secondary N) is 2. The van der Waals surface area contributed by atoms with E-state index in [0.717, 1.165) is 0 Å². The van der Waals surface area contributed by atoms with Gasteiger partial charge >= 0.3 is 0 Å². The van der Waals surface area contributed by atoms with Crippen molar-refractivity contribution in [1.82, 2.24) is 4.72 Å². The minimum atomic E-state index is -3.75. The van der Waals surface area contributed by atoms with Crippen LogP contribution >= 0.6 is 11.6 Å². The highest BCUT2D eigenvalue weighted by Crippen LogP contribution is 2.20. The summed E-state index contributed by atoms with van der Waals surface area (Å²) >= 11 is 5.95. The van der Waals surface area contributed by atoms with Crippen LogP contribution in [0, 0.1) is 0 Å². The Morgan fingerprint density at radius 3 is 2.27 bits per heavy atom. The van der Waals surface area contributed by atoms with Crippen molar-refractivity contribution in [3.63, 3.8) is 0 Å². The lowest BCUT2D eigenvalue weighted by Gasteiger charge is -2.15. The Bertz CT molecular complexity index is 763. The third kappa shape index (κ3) is 4.07. The van der Waals surface area contributed by atoms with Crippen molar-refractivity contribution in [1.29, 1.82) is 0 Å². The zero-order valence-electron chi connectivity index (χ0n) is 11.8. The van der Waals surface area contributed by atoms with Crippen LogP contribution in [0.2, 0.25) is 5.02 Å². The molecule has 2 aromatic rings. The van der Waals surface area contributed by atoms with Crippen LogP contribution in [0.1, 0.15) is 6.92 Å². The highest BCUT2D eigenvalue weighted by molar-refractivity contribution is 7.89. The Kier molecular flexibility index (Phi) is 5.18. The Hall–Kier alpha value is -1.89. The van der Waals surface area contributed by atoms with Gasteiger partial charge in [0.1, 0.15) is 0 Å². The molecule has 0 saturated carbocycles. The van der Waals surface area contributed by atoms with Gasteiger partial charge in [0, 0.05) is 0 Å². The van der Waals surface area contributed by atoms with Crippen LogP contribution in [0.5, 0.6) is 0 Å². The fraction of sp³-hybridized carbons (Fsp3) is 0.133. The number of hydrogen-bond donors (Lipinski definition) is 2. The molecule has 0 bridgehead atoms. The monoisotopic (exact) mass is 338 g/mol. The second-order valence-corrected chi connectivity index (χ2v) is 6.75. The first-order chi connectivity index (χ1) is 10.4. The third-order valence-electron chi connectivity index (χ3n) is 2.91. The molecule has 0 heterocycles. The second-order valence-electron chi connectivity index (χ2n) is 4.63. The molecule has 1 unspecified atom stereocenters. The van der Waals surface area contributed by atoms with E-state index in [1.807, 2.05) is 0 Å². The first-order valence-corrected chi connectivity index (χ1v) is 8.39. The number of para-hydroxylation sites is 1. The number of benzene rings is 2. The average Bonchev–Trinajstić information content (AvgIpc) is 2.50. The largest absolute Gasteiger partial charge is 0.323 e. The van der Waals surface area contributed by atoms with Crippen LogP contribution in [-0.4, -0.2) is 20.4 Å². The standard InChI is InChI=1S/C15H15ClN2O3S/c1-11(15(19)17-14-10-6-5-9-13(14)16)18-22(20,21)12-7-3-2-4-8-12/h2-11,18H,1H3,(H,17,19). The van der Waals surface area contributed by atoms with Crippen LogP contribution in [0.25, 0.3) is 0 Å². The lowest BCUT2D eigenvalue weighted by atomic mass is 10.3. The number of sulfonamides is 1. The van der Waals surface area contributed by atoms with Crippen LogP contribution < -0.4 is 10.0 Å². The lowest BCUT2D eigenvalue weighted by Crippen LogP contribution is -2.41. The lowest BCUT2D eigenvalue weighted by molar-refractivity contribution is -0.117. The molecule has 2 rings (SSSR count). The average molecular weight is 339 g/mol. The minimum absolute atomic E-state index is 0.104. The van der Waals surface area contributed by atoms with E-state index < -0.39 is 22.0 Å². The number of carbonyl (C=O) groups excluding carboxylic acids is 1. The van der Waals surface area contributed by atoms with Crippen LogP contribution in [0.4, 0.5) is 5.69 Å². The van der Waals surface area contributed by atoms with Gasteiger partial charge in [-0.05, 0) is 31.2 Å². The minimum Gasteiger partial charge on any atom is -0.323 e. The topological polar surface area (TPSA) is 75.3 Å². The van der Waals surface area contributed by atoms with Crippen LogP contribution in [0.15, 0.2) is 59.5 Å². The second kappa shape index (κ2) is 6.91. The summed E-state index contributed by atoms with van der Waals surface area (Å²) in [6, 6.07) is 13.6. The van der Waals surface area contributed by atoms with E-state index in [2.05, 4.69) is 10.0 Å². The van der Waals surface area contributed by atoms with Gasteiger partial charge in [-0.15, -0.1) is 0 Å². The number of amides is 1. The predicted octanol–water partition coefficient (Wildman–Crippen LogP) is 2.65. The maximum absolute atomic E-state index is 12.1. The molecule has 0 aliphatic carbocycles. The number of rotatable bonds is 5. The molecule has 0 fully saturated rings. The Morgan fingerprint density at radius 2 is 1.64 bits per heavy atom. The molecule has 0 saturated heterocycles. The van der Waals surface area contributed by atoms with Gasteiger partial charge in [0.05, 0.1) is 21.6 Å². The maximum Gasteiger partial charge on any atom is 0.242 e. The molecule has 7 heteroatoms. The molecule has 0 aliphatic rings. The summed E-state index contributed by atoms with van der Waals surface area (Å²) in [5.41, 5.74) is 0.430. The summed E-state index contributed by atoms with van der Waals surface area (Å²) in [5, 5.41) is 2.97. The number of hydrogen-bond acceptors (Lipinski definition) is 3. The molecule has 0 spiro atoms. The molecule has 0 radical (unpaired) electrons. The van der Waals surface area contributed by atoms with Crippen molar-refractivity contribution >= 4 is 33.2 Å². The summed E-state index contributed by atoms with van der Waals surface area (Å²) < 4.78 is 26.6. The van der Waals surface area contributed by atoms with E-state index in [0.29, 0.717) is 10.7 Å². The quantitative estimate of drug-likeness (QED) is 0.880. The summed E-state index contributed by atoms with van der Waals surface area (Å²) in [6.45, 7) is 1.46. The van der Waals surface area contributed by atoms with Gasteiger partial charge in [0.25, 0.3) is 0 Å². The fourth-order valence-corrected chi connectivity index (χ4v) is 3.16. The molecular weight excluding hydrogens is 324 g/mol. The SMILES string of the molecule is CC(NS(=O)(=O)c1ccccc1)C(=O)Nc1ccccc1Cl. The van der Waals surface area contributed by atoms with Crippen molar-refractivity contribution in [2.75, 3.05) is 5.32 Å². The van der Waals surface area contributed by atoms with Gasteiger partial charge in [-0.1, -0.05) is 41.9 Å². The van der Waals surface area contributed by atoms with Crippen molar-refractivity contribution in [2.24, 2.45) is 0 Å². The fourth-order valence-electron chi connectivity index (χ4n) is 1.76. The van der Waals surface area contributed by atoms with Crippen molar-refractivity contribution in [3.05, 3.63) is 59.6 Å². The van der Waals surface area contributed by atoms with Crippen molar-refractivity contribution in [2.45, 2.75) is 17.9 Å². The molecule has 116 valence electrons. The Balaban J connectivity index is 2.07. The van der Waals surface area contributed by atoms with Crippen molar-refractivity contribution < 1.29 is 13.2 Å². The van der Waals surface area contributed by atoms with Crippen molar-refractivity contribution in [3.8, 4) is 0 Å². The van der Waals surface area contributed by atoms with Crippen LogP contribution in [-0.2, 0) is 14.8 Å².